The third kappa shape index (κ3) is 6.35. The highest BCUT2D eigenvalue weighted by Crippen LogP contribution is 2.29. The largest absolute Gasteiger partial charge is 0.416 e. The van der Waals surface area contributed by atoms with Gasteiger partial charge in [0.1, 0.15) is 0 Å². The molecule has 9 heteroatoms. The summed E-state index contributed by atoms with van der Waals surface area (Å²) in [6.45, 7) is 4.13. The number of rotatable bonds is 5. The summed E-state index contributed by atoms with van der Waals surface area (Å²) >= 11 is 1.83. The summed E-state index contributed by atoms with van der Waals surface area (Å²) in [6.07, 6.45) is -3.20. The van der Waals surface area contributed by atoms with Crippen molar-refractivity contribution >= 4 is 41.3 Å². The summed E-state index contributed by atoms with van der Waals surface area (Å²) in [7, 11) is 1.68. The predicted octanol–water partition coefficient (Wildman–Crippen LogP) is 4.11. The van der Waals surface area contributed by atoms with Gasteiger partial charge in [-0.2, -0.15) is 13.2 Å². The zero-order valence-corrected chi connectivity index (χ0v) is 18.7. The van der Waals surface area contributed by atoms with Crippen molar-refractivity contribution in [3.8, 4) is 0 Å². The monoisotopic (exact) mass is 524 g/mol. The van der Waals surface area contributed by atoms with Crippen LogP contribution in [-0.2, 0) is 25.7 Å². The Bertz CT molecular complexity index is 774. The molecule has 2 N–H and O–H groups in total. The first-order valence-electron chi connectivity index (χ1n) is 8.84. The van der Waals surface area contributed by atoms with E-state index in [0.29, 0.717) is 12.5 Å². The van der Waals surface area contributed by atoms with E-state index >= 15 is 0 Å². The van der Waals surface area contributed by atoms with Crippen molar-refractivity contribution < 1.29 is 13.2 Å². The third-order valence-electron chi connectivity index (χ3n) is 4.57. The Kier molecular flexibility index (Phi) is 8.56. The van der Waals surface area contributed by atoms with Gasteiger partial charge in [0.25, 0.3) is 0 Å². The van der Waals surface area contributed by atoms with E-state index in [-0.39, 0.29) is 24.0 Å². The topological polar surface area (TPSA) is 39.7 Å². The Hall–Kier alpha value is -1.33. The molecule has 2 aromatic rings. The molecule has 154 valence electrons. The second-order valence-corrected chi connectivity index (χ2v) is 7.44. The summed E-state index contributed by atoms with van der Waals surface area (Å²) in [4.78, 5) is 8.07. The lowest BCUT2D eigenvalue weighted by molar-refractivity contribution is -0.137. The van der Waals surface area contributed by atoms with Crippen molar-refractivity contribution in [3.05, 3.63) is 57.3 Å². The average molecular weight is 524 g/mol. The molecule has 0 amide bonds. The van der Waals surface area contributed by atoms with Crippen LogP contribution >= 0.6 is 35.3 Å². The van der Waals surface area contributed by atoms with Crippen molar-refractivity contribution in [2.45, 2.75) is 25.7 Å². The molecule has 0 spiro atoms. The van der Waals surface area contributed by atoms with Gasteiger partial charge in [0, 0.05) is 44.6 Å². The van der Waals surface area contributed by atoms with Gasteiger partial charge in [-0.25, -0.2) is 0 Å². The number of benzene rings is 1. The first-order chi connectivity index (χ1) is 13.0. The van der Waals surface area contributed by atoms with Gasteiger partial charge in [0.2, 0.25) is 0 Å². The van der Waals surface area contributed by atoms with Crippen LogP contribution < -0.4 is 10.6 Å². The van der Waals surface area contributed by atoms with Gasteiger partial charge in [0.05, 0.1) is 5.56 Å². The quantitative estimate of drug-likeness (QED) is 0.352. The van der Waals surface area contributed by atoms with Crippen LogP contribution in [0.25, 0.3) is 0 Å². The van der Waals surface area contributed by atoms with Crippen LogP contribution in [0.4, 0.5) is 13.2 Å². The van der Waals surface area contributed by atoms with E-state index in [1.807, 2.05) is 11.3 Å². The maximum Gasteiger partial charge on any atom is 0.416 e. The second-order valence-electron chi connectivity index (χ2n) is 6.44. The molecule has 0 saturated heterocycles. The fourth-order valence-corrected chi connectivity index (χ4v) is 3.94. The number of hydrogen-bond donors (Lipinski definition) is 2. The van der Waals surface area contributed by atoms with Gasteiger partial charge in [-0.3, -0.25) is 9.89 Å². The minimum absolute atomic E-state index is 0. The van der Waals surface area contributed by atoms with E-state index in [4.69, 9.17) is 0 Å². The molecule has 0 unspecified atom stereocenters. The van der Waals surface area contributed by atoms with Gasteiger partial charge in [0.15, 0.2) is 5.96 Å². The second kappa shape index (κ2) is 10.4. The molecule has 0 fully saturated rings. The molecule has 3 rings (SSSR count). The SMILES string of the molecule is CN=C(NCCN1CCc2sccc2C1)NCc1ccc(C(F)(F)F)cc1.I. The first kappa shape index (κ1) is 23.0. The molecule has 2 heterocycles. The van der Waals surface area contributed by atoms with Crippen LogP contribution in [0.2, 0.25) is 0 Å². The van der Waals surface area contributed by atoms with Crippen LogP contribution in [0, 0.1) is 0 Å². The van der Waals surface area contributed by atoms with Crippen LogP contribution in [0.5, 0.6) is 0 Å². The Balaban J connectivity index is 0.00000280. The highest BCUT2D eigenvalue weighted by molar-refractivity contribution is 14.0. The lowest BCUT2D eigenvalue weighted by atomic mass is 10.1. The Morgan fingerprint density at radius 1 is 1.18 bits per heavy atom. The molecule has 0 bridgehead atoms. The number of fused-ring (bicyclic) bond motifs is 1. The van der Waals surface area contributed by atoms with E-state index in [1.54, 1.807) is 7.05 Å². The van der Waals surface area contributed by atoms with Crippen molar-refractivity contribution in [2.75, 3.05) is 26.7 Å². The van der Waals surface area contributed by atoms with Crippen molar-refractivity contribution in [3.63, 3.8) is 0 Å². The average Bonchev–Trinajstić information content (AvgIpc) is 3.12. The zero-order chi connectivity index (χ0) is 19.3. The molecule has 0 atom stereocenters. The maximum absolute atomic E-state index is 12.6. The number of alkyl halides is 3. The van der Waals surface area contributed by atoms with Gasteiger partial charge in [-0.15, -0.1) is 35.3 Å². The normalized spacial score (nSPS) is 14.9. The maximum atomic E-state index is 12.6. The summed E-state index contributed by atoms with van der Waals surface area (Å²) in [6, 6.07) is 7.36. The molecular weight excluding hydrogens is 500 g/mol. The molecule has 0 aliphatic carbocycles. The smallest absolute Gasteiger partial charge is 0.355 e. The van der Waals surface area contributed by atoms with Crippen LogP contribution in [-0.4, -0.2) is 37.5 Å². The highest BCUT2D eigenvalue weighted by Gasteiger charge is 2.29. The summed E-state index contributed by atoms with van der Waals surface area (Å²) < 4.78 is 37.8. The van der Waals surface area contributed by atoms with E-state index in [1.165, 1.54) is 22.6 Å². The highest BCUT2D eigenvalue weighted by atomic mass is 127. The molecule has 1 aliphatic rings. The molecular formula is C19H24F3IN4S. The lowest BCUT2D eigenvalue weighted by Crippen LogP contribution is -2.42. The van der Waals surface area contributed by atoms with Gasteiger partial charge in [-0.05, 0) is 41.1 Å². The minimum Gasteiger partial charge on any atom is -0.355 e. The number of thiophene rings is 1. The Labute approximate surface area is 184 Å². The summed E-state index contributed by atoms with van der Waals surface area (Å²) in [5, 5.41) is 8.55. The van der Waals surface area contributed by atoms with Crippen LogP contribution in [0.1, 0.15) is 21.6 Å². The van der Waals surface area contributed by atoms with Gasteiger partial charge >= 0.3 is 6.18 Å². The summed E-state index contributed by atoms with van der Waals surface area (Å²) in [5.74, 6) is 0.642. The van der Waals surface area contributed by atoms with Gasteiger partial charge < -0.3 is 10.6 Å². The Morgan fingerprint density at radius 2 is 1.93 bits per heavy atom. The molecule has 0 radical (unpaired) electrons. The number of hydrogen-bond acceptors (Lipinski definition) is 3. The Morgan fingerprint density at radius 3 is 2.61 bits per heavy atom. The molecule has 0 saturated carbocycles. The number of nitrogens with zero attached hydrogens (tertiary/aromatic N) is 2. The molecule has 28 heavy (non-hydrogen) atoms. The van der Waals surface area contributed by atoms with Crippen molar-refractivity contribution in [1.29, 1.82) is 0 Å². The number of aliphatic imine (C=N–C) groups is 1. The molecule has 1 aliphatic heterocycles. The first-order valence-corrected chi connectivity index (χ1v) is 9.72. The standard InChI is InChI=1S/C19H23F3N4S.HI/c1-23-18(25-12-14-2-4-16(5-3-14)19(20,21)22)24-8-10-26-9-6-17-15(13-26)7-11-27-17;/h2-5,7,11H,6,8-10,12-13H2,1H3,(H2,23,24,25);1H. The number of nitrogens with one attached hydrogen (secondary N) is 2. The minimum atomic E-state index is -4.30. The molecule has 1 aromatic heterocycles. The fourth-order valence-electron chi connectivity index (χ4n) is 3.05. The van der Waals surface area contributed by atoms with Crippen molar-refractivity contribution in [2.24, 2.45) is 4.99 Å². The van der Waals surface area contributed by atoms with E-state index in [0.717, 1.165) is 50.3 Å². The van der Waals surface area contributed by atoms with E-state index in [2.05, 4.69) is 32.0 Å². The molecule has 1 aromatic carbocycles. The predicted molar refractivity (Wildman–Crippen MR) is 118 cm³/mol. The molecule has 4 nitrogen and oxygen atoms in total. The third-order valence-corrected chi connectivity index (χ3v) is 5.60. The van der Waals surface area contributed by atoms with E-state index < -0.39 is 11.7 Å². The van der Waals surface area contributed by atoms with Crippen molar-refractivity contribution in [1.82, 2.24) is 15.5 Å². The number of halogens is 4. The zero-order valence-electron chi connectivity index (χ0n) is 15.6. The lowest BCUT2D eigenvalue weighted by Gasteiger charge is -2.27. The van der Waals surface area contributed by atoms with E-state index in [9.17, 15) is 13.2 Å². The van der Waals surface area contributed by atoms with Crippen LogP contribution in [0.15, 0.2) is 40.7 Å². The number of guanidine groups is 1. The van der Waals surface area contributed by atoms with Gasteiger partial charge in [-0.1, -0.05) is 12.1 Å². The van der Waals surface area contributed by atoms with Crippen LogP contribution in [0.3, 0.4) is 0 Å². The fraction of sp³-hybridized carbons (Fsp3) is 0.421. The summed E-state index contributed by atoms with van der Waals surface area (Å²) in [5.41, 5.74) is 1.56.